The number of anilines is 2. The lowest BCUT2D eigenvalue weighted by Crippen LogP contribution is -2.31. The zero-order chi connectivity index (χ0) is 20.1. The van der Waals surface area contributed by atoms with Crippen LogP contribution in [-0.4, -0.2) is 29.9 Å². The molecule has 0 radical (unpaired) electrons. The minimum absolute atomic E-state index is 0.0641. The molecule has 6 nitrogen and oxygen atoms in total. The summed E-state index contributed by atoms with van der Waals surface area (Å²) in [5.74, 6) is 0.508. The highest BCUT2D eigenvalue weighted by Gasteiger charge is 2.24. The van der Waals surface area contributed by atoms with Crippen molar-refractivity contribution in [1.29, 1.82) is 0 Å². The number of furan rings is 1. The van der Waals surface area contributed by atoms with Gasteiger partial charge in [0.1, 0.15) is 5.76 Å². The van der Waals surface area contributed by atoms with Gasteiger partial charge < -0.3 is 20.0 Å². The van der Waals surface area contributed by atoms with E-state index in [1.54, 1.807) is 29.2 Å². The van der Waals surface area contributed by atoms with Gasteiger partial charge in [-0.15, -0.1) is 0 Å². The number of carbonyl (C=O) groups excluding carboxylic acids is 2. The largest absolute Gasteiger partial charge is 0.453 e. The third kappa shape index (κ3) is 4.96. The van der Waals surface area contributed by atoms with Crippen molar-refractivity contribution >= 4 is 46.5 Å². The lowest BCUT2D eigenvalue weighted by molar-refractivity contribution is 0.0740. The van der Waals surface area contributed by atoms with E-state index in [0.717, 1.165) is 0 Å². The van der Waals surface area contributed by atoms with Crippen LogP contribution < -0.4 is 10.6 Å². The molecule has 0 fully saturated rings. The number of hydrogen-bond donors (Lipinski definition) is 2. The maximum Gasteiger partial charge on any atom is 0.323 e. The van der Waals surface area contributed by atoms with Crippen LogP contribution in [-0.2, 0) is 0 Å². The lowest BCUT2D eigenvalue weighted by atomic mass is 10.1. The molecule has 1 heterocycles. The van der Waals surface area contributed by atoms with Crippen LogP contribution in [0.15, 0.2) is 28.7 Å². The van der Waals surface area contributed by atoms with E-state index >= 15 is 0 Å². The van der Waals surface area contributed by atoms with Crippen LogP contribution >= 0.6 is 23.2 Å². The second kappa shape index (κ2) is 9.15. The fraction of sp³-hybridized carbons (Fsp3) is 0.368. The van der Waals surface area contributed by atoms with Crippen LogP contribution in [0.2, 0.25) is 10.0 Å². The smallest absolute Gasteiger partial charge is 0.323 e. The summed E-state index contributed by atoms with van der Waals surface area (Å²) in [7, 11) is 0. The second-order valence-electron chi connectivity index (χ2n) is 6.20. The highest BCUT2D eigenvalue weighted by Crippen LogP contribution is 2.31. The van der Waals surface area contributed by atoms with E-state index in [1.165, 1.54) is 0 Å². The molecule has 0 aliphatic heterocycles. The molecule has 0 atom stereocenters. The Morgan fingerprint density at radius 1 is 1.11 bits per heavy atom. The van der Waals surface area contributed by atoms with Gasteiger partial charge in [0.2, 0.25) is 5.76 Å². The molecule has 2 N–H and O–H groups in total. The number of nitrogens with one attached hydrogen (secondary N) is 2. The molecule has 3 amide bonds. The first-order valence-corrected chi connectivity index (χ1v) is 9.49. The number of urea groups is 1. The molecule has 2 aromatic rings. The van der Waals surface area contributed by atoms with Gasteiger partial charge >= 0.3 is 6.03 Å². The SMILES string of the molecule is CCN(CC)C(=O)c1oc(C(C)C)cc1NC(=O)Nc1cccc(Cl)c1Cl. The standard InChI is InChI=1S/C19H23Cl2N3O3/c1-5-24(6-2)18(25)17-14(10-15(27-17)11(3)4)23-19(26)22-13-9-7-8-12(20)16(13)21/h7-11H,5-6H2,1-4H3,(H2,22,23,26). The average Bonchev–Trinajstić information content (AvgIpc) is 3.04. The van der Waals surface area contributed by atoms with E-state index in [-0.39, 0.29) is 22.6 Å². The predicted octanol–water partition coefficient (Wildman–Crippen LogP) is 5.84. The summed E-state index contributed by atoms with van der Waals surface area (Å²) in [6.07, 6.45) is 0. The highest BCUT2D eigenvalue weighted by atomic mass is 35.5. The first kappa shape index (κ1) is 21.1. The number of amides is 3. The zero-order valence-corrected chi connectivity index (χ0v) is 17.2. The fourth-order valence-corrected chi connectivity index (χ4v) is 2.82. The van der Waals surface area contributed by atoms with Gasteiger partial charge in [-0.1, -0.05) is 43.1 Å². The normalized spacial score (nSPS) is 10.8. The summed E-state index contributed by atoms with van der Waals surface area (Å²) in [4.78, 5) is 26.8. The number of nitrogens with zero attached hydrogens (tertiary/aromatic N) is 1. The van der Waals surface area contributed by atoms with Crippen molar-refractivity contribution in [3.05, 3.63) is 45.8 Å². The molecule has 1 aromatic heterocycles. The minimum atomic E-state index is -0.552. The van der Waals surface area contributed by atoms with Crippen LogP contribution in [0, 0.1) is 0 Å². The molecule has 146 valence electrons. The van der Waals surface area contributed by atoms with Gasteiger partial charge in [-0.25, -0.2) is 4.79 Å². The van der Waals surface area contributed by atoms with Gasteiger partial charge in [-0.3, -0.25) is 4.79 Å². The van der Waals surface area contributed by atoms with Gasteiger partial charge in [0.15, 0.2) is 0 Å². The van der Waals surface area contributed by atoms with Crippen molar-refractivity contribution in [2.24, 2.45) is 0 Å². The highest BCUT2D eigenvalue weighted by molar-refractivity contribution is 6.44. The Morgan fingerprint density at radius 2 is 1.74 bits per heavy atom. The molecule has 27 heavy (non-hydrogen) atoms. The molecule has 2 rings (SSSR count). The number of hydrogen-bond acceptors (Lipinski definition) is 3. The van der Waals surface area contributed by atoms with Crippen LogP contribution in [0.1, 0.15) is 49.9 Å². The fourth-order valence-electron chi connectivity index (χ4n) is 2.48. The van der Waals surface area contributed by atoms with Crippen molar-refractivity contribution in [2.75, 3.05) is 23.7 Å². The van der Waals surface area contributed by atoms with Crippen molar-refractivity contribution < 1.29 is 14.0 Å². The van der Waals surface area contributed by atoms with Gasteiger partial charge in [-0.05, 0) is 26.0 Å². The summed E-state index contributed by atoms with van der Waals surface area (Å²) in [6, 6.07) is 6.04. The number of carbonyl (C=O) groups is 2. The van der Waals surface area contributed by atoms with Gasteiger partial charge in [0.05, 0.1) is 21.4 Å². The Bertz CT molecular complexity index is 830. The third-order valence-corrected chi connectivity index (χ3v) is 4.83. The maximum absolute atomic E-state index is 12.7. The molecule has 0 aliphatic rings. The maximum atomic E-state index is 12.7. The molecular weight excluding hydrogens is 389 g/mol. The summed E-state index contributed by atoms with van der Waals surface area (Å²) in [5.41, 5.74) is 0.678. The summed E-state index contributed by atoms with van der Waals surface area (Å²) >= 11 is 12.1. The zero-order valence-electron chi connectivity index (χ0n) is 15.7. The Labute approximate surface area is 168 Å². The third-order valence-electron chi connectivity index (χ3n) is 4.01. The number of rotatable bonds is 6. The van der Waals surface area contributed by atoms with Crippen molar-refractivity contribution in [3.8, 4) is 0 Å². The molecule has 0 saturated carbocycles. The minimum Gasteiger partial charge on any atom is -0.453 e. The van der Waals surface area contributed by atoms with E-state index < -0.39 is 6.03 Å². The predicted molar refractivity (Wildman–Crippen MR) is 109 cm³/mol. The molecular formula is C19H23Cl2N3O3. The molecule has 0 saturated heterocycles. The topological polar surface area (TPSA) is 74.6 Å². The molecule has 0 aliphatic carbocycles. The first-order chi connectivity index (χ1) is 12.8. The molecule has 0 spiro atoms. The quantitative estimate of drug-likeness (QED) is 0.626. The van der Waals surface area contributed by atoms with E-state index in [4.69, 9.17) is 27.6 Å². The van der Waals surface area contributed by atoms with Crippen LogP contribution in [0.5, 0.6) is 0 Å². The summed E-state index contributed by atoms with van der Waals surface area (Å²) in [6.45, 7) is 8.73. The van der Waals surface area contributed by atoms with E-state index in [2.05, 4.69) is 10.6 Å². The first-order valence-electron chi connectivity index (χ1n) is 8.73. The number of benzene rings is 1. The summed E-state index contributed by atoms with van der Waals surface area (Å²) < 4.78 is 5.74. The molecule has 0 unspecified atom stereocenters. The van der Waals surface area contributed by atoms with E-state index in [1.807, 2.05) is 27.7 Å². The van der Waals surface area contributed by atoms with Crippen molar-refractivity contribution in [1.82, 2.24) is 4.90 Å². The van der Waals surface area contributed by atoms with Gasteiger partial charge in [0.25, 0.3) is 5.91 Å². The Balaban J connectivity index is 2.27. The van der Waals surface area contributed by atoms with Crippen LogP contribution in [0.3, 0.4) is 0 Å². The second-order valence-corrected chi connectivity index (χ2v) is 6.99. The van der Waals surface area contributed by atoms with Crippen LogP contribution in [0.25, 0.3) is 0 Å². The van der Waals surface area contributed by atoms with Gasteiger partial charge in [-0.2, -0.15) is 0 Å². The van der Waals surface area contributed by atoms with E-state index in [0.29, 0.717) is 35.2 Å². The van der Waals surface area contributed by atoms with Gasteiger partial charge in [0, 0.05) is 25.1 Å². The molecule has 8 heteroatoms. The molecule has 1 aromatic carbocycles. The molecule has 0 bridgehead atoms. The Morgan fingerprint density at radius 3 is 2.33 bits per heavy atom. The van der Waals surface area contributed by atoms with Crippen LogP contribution in [0.4, 0.5) is 16.2 Å². The Hall–Kier alpha value is -2.18. The van der Waals surface area contributed by atoms with Crippen molar-refractivity contribution in [2.45, 2.75) is 33.6 Å². The monoisotopic (exact) mass is 411 g/mol. The average molecular weight is 412 g/mol. The van der Waals surface area contributed by atoms with E-state index in [9.17, 15) is 9.59 Å². The summed E-state index contributed by atoms with van der Waals surface area (Å²) in [5, 5.41) is 5.87. The number of halogens is 2. The lowest BCUT2D eigenvalue weighted by Gasteiger charge is -2.18. The Kier molecular flexibility index (Phi) is 7.16. The van der Waals surface area contributed by atoms with Crippen molar-refractivity contribution in [3.63, 3.8) is 0 Å².